The molecule has 15 rings (SSSR count). The van der Waals surface area contributed by atoms with Crippen LogP contribution in [0.3, 0.4) is 0 Å². The van der Waals surface area contributed by atoms with Crippen LogP contribution in [0.4, 0.5) is 75.9 Å². The summed E-state index contributed by atoms with van der Waals surface area (Å²) in [5, 5.41) is 47.2. The number of carbonyl (C=O) groups is 8. The number of aromatic amines is 1. The maximum absolute atomic E-state index is 14.0. The lowest BCUT2D eigenvalue weighted by Crippen LogP contribution is -2.54. The van der Waals surface area contributed by atoms with Gasteiger partial charge in [0.1, 0.15) is 17.5 Å². The van der Waals surface area contributed by atoms with Crippen LogP contribution in [0, 0.1) is 17.8 Å². The number of aromatic nitrogens is 9. The van der Waals surface area contributed by atoms with Gasteiger partial charge < -0.3 is 101 Å². The van der Waals surface area contributed by atoms with Gasteiger partial charge in [0.2, 0.25) is 17.1 Å². The second-order valence-electron chi connectivity index (χ2n) is 35.3. The highest BCUT2D eigenvalue weighted by Gasteiger charge is 2.51. The molecule has 6 aromatic heterocycles. The molecule has 134 heavy (non-hydrogen) atoms. The molecule has 0 unspecified atom stereocenters. The molecule has 0 bridgehead atoms. The lowest BCUT2D eigenvalue weighted by Gasteiger charge is -2.37. The monoisotopic (exact) mass is 1920 g/mol. The number of fused-ring (bicyclic) bond motifs is 6. The van der Waals surface area contributed by atoms with E-state index in [1.165, 1.54) is 21.5 Å². The van der Waals surface area contributed by atoms with Crippen LogP contribution in [-0.2, 0) is 74.3 Å². The number of ether oxygens (including phenoxy) is 5. The Bertz CT molecular complexity index is 5690. The quantitative estimate of drug-likeness (QED) is 0.0144. The first-order valence-corrected chi connectivity index (χ1v) is 44.4. The number of nitrogen functional groups attached to an aromatic ring is 1. The minimum absolute atomic E-state index is 0. The van der Waals surface area contributed by atoms with Gasteiger partial charge in [-0.2, -0.15) is 54.9 Å². The molecule has 8 amide bonds. The first-order chi connectivity index (χ1) is 62.6. The highest BCUT2D eigenvalue weighted by Crippen LogP contribution is 2.47. The van der Waals surface area contributed by atoms with Crippen molar-refractivity contribution in [3.63, 3.8) is 0 Å². The molecular weight excluding hydrogens is 1790 g/mol. The Morgan fingerprint density at radius 1 is 0.485 bits per heavy atom. The van der Waals surface area contributed by atoms with Gasteiger partial charge in [0.05, 0.1) is 66.5 Å². The Morgan fingerprint density at radius 2 is 0.813 bits per heavy atom. The largest absolute Gasteiger partial charge is 0.448 e. The molecule has 3 saturated heterocycles. The summed E-state index contributed by atoms with van der Waals surface area (Å²) >= 11 is 4.71. The molecule has 0 radical (unpaired) electrons. The fourth-order valence-electron chi connectivity index (χ4n) is 17.8. The number of benzene rings is 3. The summed E-state index contributed by atoms with van der Waals surface area (Å²) in [5.41, 5.74) is 10.1. The highest BCUT2D eigenvalue weighted by atomic mass is 35.5. The number of likely N-dealkylation sites (N-methyl/N-ethyl adjacent to an activating group) is 3. The number of anilines is 9. The predicted octanol–water partition coefficient (Wildman–Crippen LogP) is 13.5. The third-order valence-corrected chi connectivity index (χ3v) is 24.6. The van der Waals surface area contributed by atoms with Crippen LogP contribution < -0.4 is 48.3 Å². The summed E-state index contributed by atoms with van der Waals surface area (Å²) < 4.78 is 29.9. The summed E-state index contributed by atoms with van der Waals surface area (Å²) in [7, 11) is 12.1. The molecule has 6 aliphatic heterocycles. The number of halogens is 1. The fourth-order valence-corrected chi connectivity index (χ4v) is 17.8. The van der Waals surface area contributed by atoms with Gasteiger partial charge in [0, 0.05) is 146 Å². The maximum Gasteiger partial charge on any atom is 0.435 e. The molecule has 0 spiro atoms. The van der Waals surface area contributed by atoms with Crippen molar-refractivity contribution in [2.24, 2.45) is 17.8 Å². The number of pyridine rings is 3. The SMILES string of the molecule is C=CC(=O)Cl.C=CC(=O)Nc1ccc2c(Nc3n[nH]c4c3CN(C(=O)N[C@H](CN(C)C)C3CCOCC3)C4(C)C)nccc2c1.C=CC(=O)Nc1ccc2c(Nc3nn(C(=O)OCC)c4c3CN(C(=O)N[C@H](CN(C)C)C3CCOCC3)C4(C)C)nccc2c1.CCOC(=O)n1nc(Nc2nccc3cc(N)ccc23)c2c1C(C)(C)N(C(=O)N[C@H](CN(C)C)C1CCOCC1)C2.S.S.S. The first kappa shape index (κ1) is 106. The average Bonchev–Trinajstić information content (AvgIpc) is 1.57. The second kappa shape index (κ2) is 47.0. The van der Waals surface area contributed by atoms with E-state index in [2.05, 4.69) is 112 Å². The summed E-state index contributed by atoms with van der Waals surface area (Å²) in [6.45, 7) is 33.0. The zero-order valence-electron chi connectivity index (χ0n) is 78.6. The average molecular weight is 1920 g/mol. The van der Waals surface area contributed by atoms with E-state index < -0.39 is 34.0 Å². The molecule has 3 atom stereocenters. The Hall–Kier alpha value is -11.6. The van der Waals surface area contributed by atoms with Crippen molar-refractivity contribution in [3.05, 3.63) is 163 Å². The summed E-state index contributed by atoms with van der Waals surface area (Å²) in [6.07, 6.45) is 12.8. The van der Waals surface area contributed by atoms with E-state index in [9.17, 15) is 38.4 Å². The number of allylic oxidation sites excluding steroid dienone is 1. The number of carbonyl (C=O) groups excluding carboxylic acids is 8. The molecule has 41 heteroatoms. The molecule has 0 aliphatic carbocycles. The molecule has 9 aromatic rings. The molecule has 3 fully saturated rings. The Labute approximate surface area is 807 Å². The van der Waals surface area contributed by atoms with Gasteiger partial charge in [-0.15, -0.1) is 10.2 Å². The van der Waals surface area contributed by atoms with Crippen molar-refractivity contribution < 1.29 is 62.0 Å². The summed E-state index contributed by atoms with van der Waals surface area (Å²) in [5.74, 6) is 3.64. The van der Waals surface area contributed by atoms with Crippen LogP contribution in [-0.4, -0.2) is 254 Å². The smallest absolute Gasteiger partial charge is 0.435 e. The van der Waals surface area contributed by atoms with Crippen LogP contribution >= 0.6 is 52.1 Å². The van der Waals surface area contributed by atoms with Crippen LogP contribution in [0.2, 0.25) is 0 Å². The highest BCUT2D eigenvalue weighted by molar-refractivity contribution is 7.59. The number of amides is 8. The third kappa shape index (κ3) is 24.9. The molecule has 724 valence electrons. The number of nitrogens with one attached hydrogen (secondary N) is 9. The van der Waals surface area contributed by atoms with Crippen LogP contribution in [0.25, 0.3) is 32.3 Å². The Kier molecular flexibility index (Phi) is 37.2. The fraction of sp³-hybridized carbons (Fsp3) is 0.462. The second-order valence-corrected chi connectivity index (χ2v) is 35.7. The number of rotatable bonds is 25. The van der Waals surface area contributed by atoms with Gasteiger partial charge in [-0.05, 0) is 273 Å². The first-order valence-electron chi connectivity index (χ1n) is 44.1. The van der Waals surface area contributed by atoms with Crippen LogP contribution in [0.1, 0.15) is 128 Å². The molecule has 3 aromatic carbocycles. The van der Waals surface area contributed by atoms with Gasteiger partial charge in [-0.3, -0.25) is 19.5 Å². The van der Waals surface area contributed by atoms with Crippen molar-refractivity contribution in [2.75, 3.05) is 147 Å². The van der Waals surface area contributed by atoms with E-state index in [1.54, 1.807) is 48.3 Å². The van der Waals surface area contributed by atoms with E-state index in [0.717, 1.165) is 120 Å². The van der Waals surface area contributed by atoms with E-state index >= 15 is 0 Å². The molecular formula is C93H129ClN24O13S3. The lowest BCUT2D eigenvalue weighted by atomic mass is 9.91. The summed E-state index contributed by atoms with van der Waals surface area (Å²) in [4.78, 5) is 126. The zero-order chi connectivity index (χ0) is 94.3. The van der Waals surface area contributed by atoms with Crippen molar-refractivity contribution >= 4 is 184 Å². The van der Waals surface area contributed by atoms with Crippen LogP contribution in [0.15, 0.2) is 129 Å². The normalized spacial score (nSPS) is 16.4. The third-order valence-electron chi connectivity index (χ3n) is 24.4. The molecule has 6 aliphatic rings. The number of nitrogens with two attached hydrogens (primary N) is 1. The molecule has 37 nitrogen and oxygen atoms in total. The summed E-state index contributed by atoms with van der Waals surface area (Å²) in [6, 6.07) is 21.7. The van der Waals surface area contributed by atoms with E-state index in [0.29, 0.717) is 126 Å². The van der Waals surface area contributed by atoms with Gasteiger partial charge in [-0.1, -0.05) is 19.7 Å². The van der Waals surface area contributed by atoms with E-state index in [4.69, 9.17) is 41.0 Å². The number of hydrogen-bond acceptors (Lipinski definition) is 26. The minimum atomic E-state index is -0.887. The van der Waals surface area contributed by atoms with Crippen molar-refractivity contribution in [2.45, 2.75) is 148 Å². The molecule has 11 N–H and O–H groups in total. The molecule has 12 heterocycles. The van der Waals surface area contributed by atoms with Crippen molar-refractivity contribution in [1.29, 1.82) is 0 Å². The van der Waals surface area contributed by atoms with E-state index in [-0.39, 0.29) is 115 Å². The van der Waals surface area contributed by atoms with E-state index in [1.807, 2.05) is 155 Å². The molecule has 0 saturated carbocycles. The van der Waals surface area contributed by atoms with Crippen molar-refractivity contribution in [3.8, 4) is 0 Å². The van der Waals surface area contributed by atoms with Crippen LogP contribution in [0.5, 0.6) is 0 Å². The Balaban J connectivity index is 0.000000218. The van der Waals surface area contributed by atoms with Gasteiger partial charge in [0.15, 0.2) is 17.5 Å². The van der Waals surface area contributed by atoms with Gasteiger partial charge in [0.25, 0.3) is 0 Å². The minimum Gasteiger partial charge on any atom is -0.448 e. The zero-order valence-corrected chi connectivity index (χ0v) is 82.4. The Morgan fingerprint density at radius 3 is 1.15 bits per heavy atom. The van der Waals surface area contributed by atoms with Gasteiger partial charge in [-0.25, -0.2) is 38.9 Å². The topological polar surface area (TPSA) is 427 Å². The van der Waals surface area contributed by atoms with Gasteiger partial charge >= 0.3 is 30.3 Å². The maximum atomic E-state index is 14.0. The predicted molar refractivity (Wildman–Crippen MR) is 536 cm³/mol. The van der Waals surface area contributed by atoms with Crippen molar-refractivity contribution in [1.82, 2.24) is 90.1 Å². The number of hydrogen-bond donors (Lipinski definition) is 10. The number of urea groups is 3. The number of nitrogens with zero attached hydrogens (tertiary/aromatic N) is 14. The lowest BCUT2D eigenvalue weighted by molar-refractivity contribution is -0.112. The standard InChI is InChI=1S/C32H42N8O5.C29H40N8O4.C29H38N8O3.C3H3ClO.3H2S/c1-7-26(41)34-22-9-10-23-21(17-22)11-14-33-28(23)36-29-24-18-39(32(3,4)27(24)40(37-29)31(43)45-8-2)30(42)35-25(19-38(5)6)20-12-15-44-16-13-20;1-6-41-28(39)37-24-22(26(34-37)33-25-21-8-7-20(30)15-19(21)9-12-31-25)16-36(29(24,2)3)27(38)32-23(17-35(4)5)18-10-13-40-14-11-18;1-6-24(38)31-20-7-8-21-19(15-20)9-12-30-26(21)33-27-22-16-37(29(2,3)25(22)34-35-27)28(39)32-23(17-36(4)5)18-10-13-40-14-11-18;1-2-3(4)5;;;/h7,9-11,14,17,20,25H,1,8,12-13,15-16,18-19H2,2-6H3,(H,34,41)(H,35,42)(H,33,36,37);7-9,12,15,18,23H,6,10-11,13-14,16-17,30H2,1-5H3,(H,32,38)(H,31,33,34);6-9,12,15,18,23H,1,10-11,13-14,16-17H2,2-5H3,(H,31,38)(H,32,39)(H2,30,33,34,35);2H,1H2;3*1H2/t25-;2*23-;;;;/m111..../s1. The number of H-pyrrole nitrogens is 1.